The molecule has 0 spiro atoms. The molecule has 5 atom stereocenters. The lowest BCUT2D eigenvalue weighted by Gasteiger charge is -2.27. The molecule has 0 saturated carbocycles. The summed E-state index contributed by atoms with van der Waals surface area (Å²) in [5, 5.41) is 37.6. The van der Waals surface area contributed by atoms with Crippen molar-refractivity contribution in [1.82, 2.24) is 0 Å². The third kappa shape index (κ3) is 2.91. The SMILES string of the molecule is C[C@@H](C(O)C1OC(C)(C)O[C@H]1O)[C@H](O)CO. The highest BCUT2D eigenvalue weighted by Gasteiger charge is 2.46. The van der Waals surface area contributed by atoms with E-state index in [4.69, 9.17) is 14.6 Å². The Morgan fingerprint density at radius 3 is 2.19 bits per heavy atom. The van der Waals surface area contributed by atoms with Crippen molar-refractivity contribution in [1.29, 1.82) is 0 Å². The molecule has 2 unspecified atom stereocenters. The summed E-state index contributed by atoms with van der Waals surface area (Å²) in [7, 11) is 0. The van der Waals surface area contributed by atoms with Crippen LogP contribution in [-0.4, -0.2) is 57.4 Å². The number of aliphatic hydroxyl groups excluding tert-OH is 4. The minimum atomic E-state index is -1.24. The first-order valence-electron chi connectivity index (χ1n) is 5.29. The van der Waals surface area contributed by atoms with E-state index in [1.54, 1.807) is 20.8 Å². The summed E-state index contributed by atoms with van der Waals surface area (Å²) in [5.41, 5.74) is 0. The van der Waals surface area contributed by atoms with Gasteiger partial charge in [0.1, 0.15) is 6.10 Å². The van der Waals surface area contributed by atoms with E-state index in [0.717, 1.165) is 0 Å². The predicted molar refractivity (Wildman–Crippen MR) is 54.3 cm³/mol. The van der Waals surface area contributed by atoms with Gasteiger partial charge in [0.15, 0.2) is 12.1 Å². The van der Waals surface area contributed by atoms with Crippen LogP contribution in [0, 0.1) is 5.92 Å². The van der Waals surface area contributed by atoms with Crippen LogP contribution in [0.4, 0.5) is 0 Å². The van der Waals surface area contributed by atoms with Crippen LogP contribution in [0.1, 0.15) is 20.8 Å². The van der Waals surface area contributed by atoms with Gasteiger partial charge in [0.2, 0.25) is 0 Å². The molecule has 1 heterocycles. The molecule has 0 aromatic carbocycles. The molecule has 6 heteroatoms. The number of ether oxygens (including phenoxy) is 2. The summed E-state index contributed by atoms with van der Waals surface area (Å²) < 4.78 is 10.4. The van der Waals surface area contributed by atoms with Crippen LogP contribution in [0.5, 0.6) is 0 Å². The van der Waals surface area contributed by atoms with E-state index in [0.29, 0.717) is 0 Å². The second kappa shape index (κ2) is 4.95. The topological polar surface area (TPSA) is 99.4 Å². The van der Waals surface area contributed by atoms with Crippen molar-refractivity contribution in [3.05, 3.63) is 0 Å². The van der Waals surface area contributed by atoms with E-state index in [-0.39, 0.29) is 0 Å². The Balaban J connectivity index is 2.64. The molecule has 1 saturated heterocycles. The van der Waals surface area contributed by atoms with Crippen molar-refractivity contribution < 1.29 is 29.9 Å². The molecule has 4 N–H and O–H groups in total. The first-order valence-corrected chi connectivity index (χ1v) is 5.29. The predicted octanol–water partition coefficient (Wildman–Crippen LogP) is -1.19. The van der Waals surface area contributed by atoms with Gasteiger partial charge in [-0.25, -0.2) is 0 Å². The molecule has 0 radical (unpaired) electrons. The van der Waals surface area contributed by atoms with Crippen molar-refractivity contribution >= 4 is 0 Å². The molecule has 6 nitrogen and oxygen atoms in total. The molecular weight excluding hydrogens is 216 g/mol. The number of aliphatic hydroxyl groups is 4. The average molecular weight is 236 g/mol. The molecule has 0 amide bonds. The van der Waals surface area contributed by atoms with Gasteiger partial charge >= 0.3 is 0 Å². The lowest BCUT2D eigenvalue weighted by molar-refractivity contribution is -0.176. The highest BCUT2D eigenvalue weighted by atomic mass is 16.8. The molecule has 0 aliphatic carbocycles. The molecule has 1 aliphatic rings. The lowest BCUT2D eigenvalue weighted by atomic mass is 9.94. The molecule has 96 valence electrons. The van der Waals surface area contributed by atoms with Gasteiger partial charge in [-0.15, -0.1) is 0 Å². The molecule has 1 rings (SSSR count). The Hall–Kier alpha value is -0.240. The number of hydrogen-bond donors (Lipinski definition) is 4. The van der Waals surface area contributed by atoms with Gasteiger partial charge in [0, 0.05) is 5.92 Å². The van der Waals surface area contributed by atoms with Crippen LogP contribution in [0.2, 0.25) is 0 Å². The molecule has 1 aliphatic heterocycles. The summed E-state index contributed by atoms with van der Waals surface area (Å²) in [6, 6.07) is 0. The maximum absolute atomic E-state index is 9.89. The fourth-order valence-electron chi connectivity index (χ4n) is 1.70. The van der Waals surface area contributed by atoms with Crippen molar-refractivity contribution in [2.45, 2.75) is 51.2 Å². The minimum Gasteiger partial charge on any atom is -0.394 e. The molecule has 0 aromatic rings. The van der Waals surface area contributed by atoms with Crippen LogP contribution < -0.4 is 0 Å². The maximum Gasteiger partial charge on any atom is 0.187 e. The van der Waals surface area contributed by atoms with E-state index in [2.05, 4.69) is 0 Å². The largest absolute Gasteiger partial charge is 0.394 e. The van der Waals surface area contributed by atoms with E-state index in [1.807, 2.05) is 0 Å². The fraction of sp³-hybridized carbons (Fsp3) is 1.00. The summed E-state index contributed by atoms with van der Waals surface area (Å²) >= 11 is 0. The molecule has 16 heavy (non-hydrogen) atoms. The maximum atomic E-state index is 9.89. The fourth-order valence-corrected chi connectivity index (χ4v) is 1.70. The number of hydrogen-bond acceptors (Lipinski definition) is 6. The van der Waals surface area contributed by atoms with Crippen LogP contribution in [0.25, 0.3) is 0 Å². The highest BCUT2D eigenvalue weighted by Crippen LogP contribution is 2.31. The second-order valence-electron chi connectivity index (χ2n) is 4.59. The lowest BCUT2D eigenvalue weighted by Crippen LogP contribution is -2.44. The molecule has 1 fully saturated rings. The second-order valence-corrected chi connectivity index (χ2v) is 4.59. The van der Waals surface area contributed by atoms with Crippen molar-refractivity contribution in [3.8, 4) is 0 Å². The van der Waals surface area contributed by atoms with E-state index in [9.17, 15) is 15.3 Å². The van der Waals surface area contributed by atoms with Crippen LogP contribution in [0.3, 0.4) is 0 Å². The normalized spacial score (nSPS) is 34.7. The third-order valence-corrected chi connectivity index (χ3v) is 2.77. The van der Waals surface area contributed by atoms with Gasteiger partial charge in [-0.1, -0.05) is 6.92 Å². The van der Waals surface area contributed by atoms with Crippen LogP contribution in [-0.2, 0) is 9.47 Å². The Morgan fingerprint density at radius 1 is 1.25 bits per heavy atom. The molecule has 0 aromatic heterocycles. The number of rotatable bonds is 4. The standard InChI is InChI=1S/C10H20O6/c1-5(6(12)4-11)7(13)8-9(14)16-10(2,3)15-8/h5-9,11-14H,4H2,1-3H3/t5-,6-,7?,8?,9-/m1/s1. The summed E-state index contributed by atoms with van der Waals surface area (Å²) in [6.07, 6.45) is -4.34. The first kappa shape index (κ1) is 13.8. The van der Waals surface area contributed by atoms with E-state index in [1.165, 1.54) is 0 Å². The average Bonchev–Trinajstić information content (AvgIpc) is 2.48. The van der Waals surface area contributed by atoms with Crippen LogP contribution in [0.15, 0.2) is 0 Å². The summed E-state index contributed by atoms with van der Waals surface area (Å²) in [5.74, 6) is -1.59. The smallest absolute Gasteiger partial charge is 0.187 e. The van der Waals surface area contributed by atoms with Crippen molar-refractivity contribution in [2.75, 3.05) is 6.61 Å². The van der Waals surface area contributed by atoms with Gasteiger partial charge in [-0.2, -0.15) is 0 Å². The zero-order valence-electron chi connectivity index (χ0n) is 9.70. The molecular formula is C10H20O6. The highest BCUT2D eigenvalue weighted by molar-refractivity contribution is 4.85. The first-order chi connectivity index (χ1) is 7.28. The Kier molecular flexibility index (Phi) is 4.28. The van der Waals surface area contributed by atoms with Crippen LogP contribution >= 0.6 is 0 Å². The Labute approximate surface area is 94.4 Å². The quantitative estimate of drug-likeness (QED) is 0.489. The monoisotopic (exact) mass is 236 g/mol. The van der Waals surface area contributed by atoms with Gasteiger partial charge in [-0.05, 0) is 13.8 Å². The van der Waals surface area contributed by atoms with Crippen molar-refractivity contribution in [2.24, 2.45) is 5.92 Å². The van der Waals surface area contributed by atoms with E-state index >= 15 is 0 Å². The van der Waals surface area contributed by atoms with Gasteiger partial charge in [0.05, 0.1) is 18.8 Å². The zero-order valence-corrected chi connectivity index (χ0v) is 9.70. The minimum absolute atomic E-state index is 0.453. The molecule has 0 bridgehead atoms. The van der Waals surface area contributed by atoms with Crippen molar-refractivity contribution in [3.63, 3.8) is 0 Å². The summed E-state index contributed by atoms with van der Waals surface area (Å²) in [4.78, 5) is 0. The summed E-state index contributed by atoms with van der Waals surface area (Å²) in [6.45, 7) is 4.35. The Morgan fingerprint density at radius 2 is 1.81 bits per heavy atom. The van der Waals surface area contributed by atoms with Gasteiger partial charge < -0.3 is 29.9 Å². The van der Waals surface area contributed by atoms with Gasteiger partial charge in [-0.3, -0.25) is 0 Å². The third-order valence-electron chi connectivity index (χ3n) is 2.77. The zero-order chi connectivity index (χ0) is 12.5. The van der Waals surface area contributed by atoms with Gasteiger partial charge in [0.25, 0.3) is 0 Å². The Bertz CT molecular complexity index is 231. The van der Waals surface area contributed by atoms with E-state index < -0.39 is 42.9 Å².